The van der Waals surface area contributed by atoms with Gasteiger partial charge in [0.05, 0.1) is 24.3 Å². The van der Waals surface area contributed by atoms with Crippen molar-refractivity contribution in [3.8, 4) is 0 Å². The van der Waals surface area contributed by atoms with Gasteiger partial charge in [0, 0.05) is 20.0 Å². The van der Waals surface area contributed by atoms with Crippen LogP contribution in [0.25, 0.3) is 0 Å². The van der Waals surface area contributed by atoms with Crippen LogP contribution in [0.3, 0.4) is 0 Å². The second-order valence-electron chi connectivity index (χ2n) is 6.90. The number of nitrogens with zero attached hydrogens (tertiary/aromatic N) is 6. The van der Waals surface area contributed by atoms with E-state index in [1.165, 1.54) is 9.25 Å². The number of aryl methyl sites for hydroxylation is 2. The molecule has 0 radical (unpaired) electrons. The van der Waals surface area contributed by atoms with Gasteiger partial charge in [0.15, 0.2) is 0 Å². The van der Waals surface area contributed by atoms with Crippen molar-refractivity contribution in [2.24, 2.45) is 7.05 Å². The van der Waals surface area contributed by atoms with Crippen LogP contribution in [0.2, 0.25) is 0 Å². The lowest BCUT2D eigenvalue weighted by atomic mass is 10.2. The van der Waals surface area contributed by atoms with E-state index in [-0.39, 0.29) is 36.8 Å². The summed E-state index contributed by atoms with van der Waals surface area (Å²) in [5, 5.41) is 4.36. The minimum atomic E-state index is -0.265. The van der Waals surface area contributed by atoms with E-state index in [1.807, 2.05) is 6.92 Å². The monoisotopic (exact) mass is 374 g/mol. The number of aromatic nitrogens is 5. The first-order chi connectivity index (χ1) is 12.9. The molecular weight excluding hydrogens is 348 g/mol. The van der Waals surface area contributed by atoms with Crippen molar-refractivity contribution in [1.29, 1.82) is 0 Å². The number of hydrogen-bond acceptors (Lipinski definition) is 5. The summed E-state index contributed by atoms with van der Waals surface area (Å²) in [6.07, 6.45) is 2.67. The minimum Gasteiger partial charge on any atom is -0.331 e. The zero-order chi connectivity index (χ0) is 19.7. The van der Waals surface area contributed by atoms with Gasteiger partial charge in [-0.25, -0.2) is 14.5 Å². The minimum absolute atomic E-state index is 0.123. The van der Waals surface area contributed by atoms with E-state index in [4.69, 9.17) is 0 Å². The van der Waals surface area contributed by atoms with Crippen LogP contribution in [-0.4, -0.2) is 34.7 Å². The largest absolute Gasteiger partial charge is 0.346 e. The Labute approximate surface area is 157 Å². The maximum atomic E-state index is 12.7. The SMILES string of the molecule is CCCCc1nn(CC(=O)N2Cc3nc(C)n(C)c(=O)c3C2)c(=O)n1CC. The van der Waals surface area contributed by atoms with Gasteiger partial charge in [0.1, 0.15) is 18.2 Å². The van der Waals surface area contributed by atoms with Gasteiger partial charge in [0.2, 0.25) is 5.91 Å². The molecule has 3 heterocycles. The van der Waals surface area contributed by atoms with Crippen LogP contribution in [0.1, 0.15) is 49.6 Å². The Kier molecular flexibility index (Phi) is 5.29. The molecule has 27 heavy (non-hydrogen) atoms. The fraction of sp³-hybridized carbons (Fsp3) is 0.611. The van der Waals surface area contributed by atoms with Gasteiger partial charge < -0.3 is 4.90 Å². The molecule has 0 N–H and O–H groups in total. The lowest BCUT2D eigenvalue weighted by Gasteiger charge is -2.14. The number of carbonyl (C=O) groups excluding carboxylic acids is 1. The Morgan fingerprint density at radius 1 is 1.19 bits per heavy atom. The topological polar surface area (TPSA) is 95.0 Å². The molecule has 0 saturated carbocycles. The van der Waals surface area contributed by atoms with Crippen molar-refractivity contribution >= 4 is 5.91 Å². The molecule has 0 aliphatic carbocycles. The Morgan fingerprint density at radius 3 is 2.59 bits per heavy atom. The molecule has 9 nitrogen and oxygen atoms in total. The molecule has 0 saturated heterocycles. The van der Waals surface area contributed by atoms with E-state index in [0.717, 1.165) is 19.3 Å². The van der Waals surface area contributed by atoms with E-state index < -0.39 is 0 Å². The van der Waals surface area contributed by atoms with Gasteiger partial charge in [-0.3, -0.25) is 18.7 Å². The quantitative estimate of drug-likeness (QED) is 0.727. The third kappa shape index (κ3) is 3.45. The molecule has 2 aromatic heterocycles. The zero-order valence-corrected chi connectivity index (χ0v) is 16.4. The molecule has 1 aliphatic rings. The molecule has 0 spiro atoms. The second kappa shape index (κ2) is 7.50. The van der Waals surface area contributed by atoms with Crippen LogP contribution in [0.15, 0.2) is 9.59 Å². The first-order valence-corrected chi connectivity index (χ1v) is 9.37. The molecule has 1 amide bonds. The van der Waals surface area contributed by atoms with E-state index >= 15 is 0 Å². The molecule has 0 unspecified atom stereocenters. The summed E-state index contributed by atoms with van der Waals surface area (Å²) in [4.78, 5) is 43.6. The lowest BCUT2D eigenvalue weighted by Crippen LogP contribution is -2.34. The zero-order valence-electron chi connectivity index (χ0n) is 16.4. The lowest BCUT2D eigenvalue weighted by molar-refractivity contribution is -0.132. The van der Waals surface area contributed by atoms with Crippen molar-refractivity contribution < 1.29 is 4.79 Å². The predicted molar refractivity (Wildman–Crippen MR) is 99.2 cm³/mol. The van der Waals surface area contributed by atoms with E-state index in [2.05, 4.69) is 17.0 Å². The molecule has 3 rings (SSSR count). The Hall–Kier alpha value is -2.71. The average molecular weight is 374 g/mol. The fourth-order valence-corrected chi connectivity index (χ4v) is 3.36. The average Bonchev–Trinajstić information content (AvgIpc) is 3.19. The van der Waals surface area contributed by atoms with Crippen molar-refractivity contribution in [2.45, 2.75) is 66.2 Å². The van der Waals surface area contributed by atoms with Gasteiger partial charge in [-0.2, -0.15) is 5.10 Å². The third-order valence-electron chi connectivity index (χ3n) is 5.09. The van der Waals surface area contributed by atoms with E-state index in [0.29, 0.717) is 29.5 Å². The summed E-state index contributed by atoms with van der Waals surface area (Å²) in [5.74, 6) is 1.09. The Bertz CT molecular complexity index is 984. The Balaban J connectivity index is 1.79. The highest BCUT2D eigenvalue weighted by atomic mass is 16.2. The summed E-state index contributed by atoms with van der Waals surface area (Å²) < 4.78 is 4.33. The second-order valence-corrected chi connectivity index (χ2v) is 6.90. The molecule has 9 heteroatoms. The van der Waals surface area contributed by atoms with Crippen LogP contribution in [0.4, 0.5) is 0 Å². The van der Waals surface area contributed by atoms with Gasteiger partial charge in [-0.1, -0.05) is 13.3 Å². The summed E-state index contributed by atoms with van der Waals surface area (Å²) in [5.41, 5.74) is 0.797. The number of amides is 1. The van der Waals surface area contributed by atoms with Crippen molar-refractivity contribution in [3.05, 3.63) is 43.7 Å². The van der Waals surface area contributed by atoms with Gasteiger partial charge in [-0.15, -0.1) is 0 Å². The molecule has 2 aromatic rings. The van der Waals surface area contributed by atoms with Crippen LogP contribution >= 0.6 is 0 Å². The molecule has 146 valence electrons. The van der Waals surface area contributed by atoms with Crippen LogP contribution in [0.5, 0.6) is 0 Å². The highest BCUT2D eigenvalue weighted by molar-refractivity contribution is 5.76. The molecular formula is C18H26N6O3. The maximum absolute atomic E-state index is 12.7. The smallest absolute Gasteiger partial charge is 0.331 e. The van der Waals surface area contributed by atoms with Crippen molar-refractivity contribution in [1.82, 2.24) is 28.8 Å². The first-order valence-electron chi connectivity index (χ1n) is 9.37. The number of fused-ring (bicyclic) bond motifs is 1. The van der Waals surface area contributed by atoms with E-state index in [9.17, 15) is 14.4 Å². The normalized spacial score (nSPS) is 13.3. The molecule has 0 aromatic carbocycles. The molecule has 0 bridgehead atoms. The molecule has 0 fully saturated rings. The first kappa shape index (κ1) is 19.1. The van der Waals surface area contributed by atoms with Crippen molar-refractivity contribution in [2.75, 3.05) is 0 Å². The van der Waals surface area contributed by atoms with E-state index in [1.54, 1.807) is 23.4 Å². The molecule has 1 aliphatic heterocycles. The van der Waals surface area contributed by atoms with Crippen LogP contribution in [0, 0.1) is 6.92 Å². The van der Waals surface area contributed by atoms with Gasteiger partial charge in [-0.05, 0) is 20.3 Å². The fourth-order valence-electron chi connectivity index (χ4n) is 3.36. The predicted octanol–water partition coefficient (Wildman–Crippen LogP) is 0.352. The number of carbonyl (C=O) groups is 1. The summed E-state index contributed by atoms with van der Waals surface area (Å²) in [6.45, 7) is 6.66. The van der Waals surface area contributed by atoms with Crippen LogP contribution < -0.4 is 11.2 Å². The summed E-state index contributed by atoms with van der Waals surface area (Å²) >= 11 is 0. The standard InChI is InChI=1S/C18H26N6O3/c1-5-7-8-15-20-24(18(27)23(15)6-2)11-16(25)22-9-13-14(10-22)19-12(3)21(4)17(13)26/h5-11H2,1-4H3. The highest BCUT2D eigenvalue weighted by Crippen LogP contribution is 2.18. The summed E-state index contributed by atoms with van der Waals surface area (Å²) in [6, 6.07) is 0. The molecule has 0 atom stereocenters. The van der Waals surface area contributed by atoms with Crippen LogP contribution in [-0.2, 0) is 44.4 Å². The Morgan fingerprint density at radius 2 is 1.93 bits per heavy atom. The number of rotatable bonds is 6. The van der Waals surface area contributed by atoms with Gasteiger partial charge >= 0.3 is 5.69 Å². The van der Waals surface area contributed by atoms with Gasteiger partial charge in [0.25, 0.3) is 5.56 Å². The number of unbranched alkanes of at least 4 members (excludes halogenated alkanes) is 1. The highest BCUT2D eigenvalue weighted by Gasteiger charge is 2.28. The third-order valence-corrected chi connectivity index (χ3v) is 5.09. The summed E-state index contributed by atoms with van der Waals surface area (Å²) in [7, 11) is 1.67. The maximum Gasteiger partial charge on any atom is 0.346 e. The number of hydrogen-bond donors (Lipinski definition) is 0. The van der Waals surface area contributed by atoms with Crippen molar-refractivity contribution in [3.63, 3.8) is 0 Å².